The number of nitro benzene ring substituents is 1. The molecule has 0 aliphatic heterocycles. The molecular formula is C16H13ClF3N3O4. The van der Waals surface area contributed by atoms with E-state index >= 15 is 0 Å². The summed E-state index contributed by atoms with van der Waals surface area (Å²) in [7, 11) is 0. The van der Waals surface area contributed by atoms with Crippen LogP contribution in [0.2, 0.25) is 5.02 Å². The number of carbonyl (C=O) groups is 1. The standard InChI is InChI=1S/C16H13ClF3N3O4/c1-2-5-8-12(17)10(15(21)24)11(16(18,19)20)13(23(25)26)14(8)27-9-6-3-4-7-22-9/h3-4,6-7H,2,5H2,1H3,(H2,21,24). The van der Waals surface area contributed by atoms with E-state index in [1.165, 1.54) is 24.4 Å². The zero-order valence-electron chi connectivity index (χ0n) is 13.8. The molecule has 2 rings (SSSR count). The van der Waals surface area contributed by atoms with Crippen molar-refractivity contribution in [3.8, 4) is 11.6 Å². The van der Waals surface area contributed by atoms with E-state index in [1.54, 1.807) is 6.92 Å². The Morgan fingerprint density at radius 3 is 2.52 bits per heavy atom. The van der Waals surface area contributed by atoms with Crippen LogP contribution in [0, 0.1) is 10.1 Å². The molecule has 1 amide bonds. The molecule has 0 aliphatic carbocycles. The number of nitro groups is 1. The second kappa shape index (κ2) is 7.78. The highest BCUT2D eigenvalue weighted by Gasteiger charge is 2.47. The predicted molar refractivity (Wildman–Crippen MR) is 89.9 cm³/mol. The highest BCUT2D eigenvalue weighted by Crippen LogP contribution is 2.50. The van der Waals surface area contributed by atoms with Gasteiger partial charge < -0.3 is 10.5 Å². The van der Waals surface area contributed by atoms with Crippen LogP contribution in [0.4, 0.5) is 18.9 Å². The molecule has 0 spiro atoms. The normalized spacial score (nSPS) is 11.3. The van der Waals surface area contributed by atoms with Gasteiger partial charge in [0, 0.05) is 17.8 Å². The summed E-state index contributed by atoms with van der Waals surface area (Å²) in [6, 6.07) is 4.32. The van der Waals surface area contributed by atoms with Gasteiger partial charge in [0.05, 0.1) is 15.5 Å². The summed E-state index contributed by atoms with van der Waals surface area (Å²) in [4.78, 5) is 25.7. The molecule has 144 valence electrons. The van der Waals surface area contributed by atoms with Crippen molar-refractivity contribution in [2.24, 2.45) is 5.73 Å². The number of carbonyl (C=O) groups excluding carboxylic acids is 1. The highest BCUT2D eigenvalue weighted by molar-refractivity contribution is 6.35. The van der Waals surface area contributed by atoms with Crippen molar-refractivity contribution in [3.05, 3.63) is 56.2 Å². The summed E-state index contributed by atoms with van der Waals surface area (Å²) in [5.41, 5.74) is 0.477. The van der Waals surface area contributed by atoms with E-state index in [4.69, 9.17) is 22.1 Å². The lowest BCUT2D eigenvalue weighted by atomic mass is 9.96. The van der Waals surface area contributed by atoms with Crippen molar-refractivity contribution < 1.29 is 27.6 Å². The maximum atomic E-state index is 13.6. The van der Waals surface area contributed by atoms with Crippen LogP contribution in [0.5, 0.6) is 11.6 Å². The van der Waals surface area contributed by atoms with E-state index in [2.05, 4.69) is 4.98 Å². The largest absolute Gasteiger partial charge is 0.431 e. The van der Waals surface area contributed by atoms with Gasteiger partial charge in [-0.05, 0) is 12.5 Å². The van der Waals surface area contributed by atoms with Gasteiger partial charge in [0.25, 0.3) is 5.91 Å². The van der Waals surface area contributed by atoms with Crippen molar-refractivity contribution in [2.75, 3.05) is 0 Å². The first-order valence-corrected chi connectivity index (χ1v) is 7.95. The Morgan fingerprint density at radius 2 is 2.07 bits per heavy atom. The number of benzene rings is 1. The average Bonchev–Trinajstić information content (AvgIpc) is 2.57. The summed E-state index contributed by atoms with van der Waals surface area (Å²) in [5, 5.41) is 10.9. The first kappa shape index (κ1) is 20.4. The van der Waals surface area contributed by atoms with Gasteiger partial charge in [-0.25, -0.2) is 4.98 Å². The van der Waals surface area contributed by atoms with Gasteiger partial charge in [0.2, 0.25) is 11.6 Å². The van der Waals surface area contributed by atoms with Crippen molar-refractivity contribution in [1.29, 1.82) is 0 Å². The van der Waals surface area contributed by atoms with Crippen LogP contribution in [-0.2, 0) is 12.6 Å². The van der Waals surface area contributed by atoms with Crippen molar-refractivity contribution in [2.45, 2.75) is 25.9 Å². The second-order valence-electron chi connectivity index (χ2n) is 5.36. The van der Waals surface area contributed by atoms with Crippen molar-refractivity contribution in [3.63, 3.8) is 0 Å². The molecular weight excluding hydrogens is 391 g/mol. The Morgan fingerprint density at radius 1 is 1.41 bits per heavy atom. The van der Waals surface area contributed by atoms with E-state index in [0.717, 1.165) is 0 Å². The van der Waals surface area contributed by atoms with Crippen molar-refractivity contribution in [1.82, 2.24) is 4.98 Å². The Kier molecular flexibility index (Phi) is 5.89. The number of aromatic nitrogens is 1. The first-order chi connectivity index (χ1) is 12.6. The minimum atomic E-state index is -5.27. The van der Waals surface area contributed by atoms with Crippen LogP contribution in [0.3, 0.4) is 0 Å². The zero-order valence-corrected chi connectivity index (χ0v) is 14.6. The SMILES string of the molecule is CCCc1c(Cl)c(C(N)=O)c(C(F)(F)F)c([N+](=O)[O-])c1Oc1ccccn1. The lowest BCUT2D eigenvalue weighted by Gasteiger charge is -2.19. The number of rotatable bonds is 6. The summed E-state index contributed by atoms with van der Waals surface area (Å²) in [6.45, 7) is 1.67. The fourth-order valence-corrected chi connectivity index (χ4v) is 2.88. The van der Waals surface area contributed by atoms with Crippen LogP contribution in [-0.4, -0.2) is 15.8 Å². The molecule has 0 saturated heterocycles. The number of primary amides is 1. The number of hydrogen-bond donors (Lipinski definition) is 1. The minimum absolute atomic E-state index is 0.0141. The number of pyridine rings is 1. The molecule has 1 aromatic heterocycles. The molecule has 1 aromatic carbocycles. The molecule has 2 aromatic rings. The molecule has 0 radical (unpaired) electrons. The molecule has 0 aliphatic rings. The van der Waals surface area contributed by atoms with Crippen LogP contribution < -0.4 is 10.5 Å². The molecule has 0 fully saturated rings. The van der Waals surface area contributed by atoms with E-state index in [1.807, 2.05) is 0 Å². The average molecular weight is 404 g/mol. The fraction of sp³-hybridized carbons (Fsp3) is 0.250. The molecule has 0 bridgehead atoms. The molecule has 0 unspecified atom stereocenters. The van der Waals surface area contributed by atoms with Gasteiger partial charge in [0.15, 0.2) is 5.56 Å². The van der Waals surface area contributed by atoms with Crippen LogP contribution in [0.25, 0.3) is 0 Å². The Labute approximate surface area is 156 Å². The van der Waals surface area contributed by atoms with Crippen molar-refractivity contribution >= 4 is 23.2 Å². The van der Waals surface area contributed by atoms with Gasteiger partial charge >= 0.3 is 11.9 Å². The maximum absolute atomic E-state index is 13.6. The minimum Gasteiger partial charge on any atom is -0.431 e. The topological polar surface area (TPSA) is 108 Å². The Bertz CT molecular complexity index is 889. The summed E-state index contributed by atoms with van der Waals surface area (Å²) >= 11 is 6.02. The number of hydrogen-bond acceptors (Lipinski definition) is 5. The lowest BCUT2D eigenvalue weighted by Crippen LogP contribution is -2.22. The van der Waals surface area contributed by atoms with Crippen LogP contribution in [0.1, 0.15) is 34.8 Å². The molecule has 27 heavy (non-hydrogen) atoms. The van der Waals surface area contributed by atoms with E-state index in [0.29, 0.717) is 6.42 Å². The number of halogens is 4. The van der Waals surface area contributed by atoms with Gasteiger partial charge in [-0.1, -0.05) is 31.0 Å². The first-order valence-electron chi connectivity index (χ1n) is 7.58. The summed E-state index contributed by atoms with van der Waals surface area (Å²) in [5.74, 6) is -2.42. The third-order valence-electron chi connectivity index (χ3n) is 3.52. The van der Waals surface area contributed by atoms with Gasteiger partial charge in [-0.15, -0.1) is 0 Å². The second-order valence-corrected chi connectivity index (χ2v) is 5.74. The number of nitrogens with two attached hydrogens (primary N) is 1. The lowest BCUT2D eigenvalue weighted by molar-refractivity contribution is -0.388. The Hall–Kier alpha value is -2.88. The third kappa shape index (κ3) is 4.11. The summed E-state index contributed by atoms with van der Waals surface area (Å²) in [6.07, 6.45) is -3.60. The predicted octanol–water partition coefficient (Wildman–Crippen LogP) is 4.51. The smallest absolute Gasteiger partial charge is 0.423 e. The monoisotopic (exact) mass is 403 g/mol. The van der Waals surface area contributed by atoms with Gasteiger partial charge in [0.1, 0.15) is 0 Å². The van der Waals surface area contributed by atoms with Gasteiger partial charge in [-0.3, -0.25) is 14.9 Å². The quantitative estimate of drug-likeness (QED) is 0.564. The molecule has 0 saturated carbocycles. The maximum Gasteiger partial charge on any atom is 0.423 e. The molecule has 1 heterocycles. The fourth-order valence-electron chi connectivity index (χ4n) is 2.51. The third-order valence-corrected chi connectivity index (χ3v) is 3.93. The summed E-state index contributed by atoms with van der Waals surface area (Å²) < 4.78 is 46.1. The molecule has 7 nitrogen and oxygen atoms in total. The van der Waals surface area contributed by atoms with E-state index in [9.17, 15) is 28.1 Å². The zero-order chi connectivity index (χ0) is 20.4. The number of alkyl halides is 3. The number of ether oxygens (including phenoxy) is 1. The highest BCUT2D eigenvalue weighted by atomic mass is 35.5. The molecule has 11 heteroatoms. The number of nitrogens with zero attached hydrogens (tertiary/aromatic N) is 2. The van der Waals surface area contributed by atoms with Crippen LogP contribution >= 0.6 is 11.6 Å². The van der Waals surface area contributed by atoms with Crippen LogP contribution in [0.15, 0.2) is 24.4 Å². The Balaban J connectivity index is 2.96. The van der Waals surface area contributed by atoms with E-state index < -0.39 is 44.6 Å². The molecule has 0 atom stereocenters. The number of amides is 1. The molecule has 2 N–H and O–H groups in total. The van der Waals surface area contributed by atoms with Gasteiger partial charge in [-0.2, -0.15) is 13.2 Å². The van der Waals surface area contributed by atoms with E-state index in [-0.39, 0.29) is 17.9 Å².